The molecule has 20 heavy (non-hydrogen) atoms. The van der Waals surface area contributed by atoms with Gasteiger partial charge in [-0.15, -0.1) is 0 Å². The molecule has 0 aromatic heterocycles. The lowest BCUT2D eigenvalue weighted by Crippen LogP contribution is -2.21. The topological polar surface area (TPSA) is 89.6 Å². The van der Waals surface area contributed by atoms with Crippen molar-refractivity contribution >= 4 is 11.9 Å². The van der Waals surface area contributed by atoms with Crippen molar-refractivity contribution in [2.24, 2.45) is 5.73 Å². The molecule has 3 N–H and O–H groups in total. The van der Waals surface area contributed by atoms with Gasteiger partial charge in [-0.25, -0.2) is 4.79 Å². The Bertz CT molecular complexity index is 523. The summed E-state index contributed by atoms with van der Waals surface area (Å²) in [4.78, 5) is 23.7. The van der Waals surface area contributed by atoms with Gasteiger partial charge in [-0.3, -0.25) is 4.79 Å². The van der Waals surface area contributed by atoms with Crippen molar-refractivity contribution in [3.8, 4) is 0 Å². The van der Waals surface area contributed by atoms with E-state index in [4.69, 9.17) is 10.5 Å². The monoisotopic (exact) mass is 279 g/mol. The number of carbonyl (C=O) groups is 2. The lowest BCUT2D eigenvalue weighted by Gasteiger charge is -2.17. The molecule has 0 bridgehead atoms. The molecular weight excluding hydrogens is 258 g/mol. The maximum absolute atomic E-state index is 12.0. The number of hydrogen-bond donors (Lipinski definition) is 2. The highest BCUT2D eigenvalue weighted by Gasteiger charge is 2.22. The highest BCUT2D eigenvalue weighted by atomic mass is 16.5. The Kier molecular flexibility index (Phi) is 5.70. The van der Waals surface area contributed by atoms with E-state index in [1.54, 1.807) is 19.9 Å². The SMILES string of the molecule is CCCc1c(C(=O)OCC)cc(CO)c(C)c1C(N)=O. The van der Waals surface area contributed by atoms with E-state index in [1.165, 1.54) is 0 Å². The van der Waals surface area contributed by atoms with Gasteiger partial charge in [0.05, 0.1) is 18.8 Å². The third kappa shape index (κ3) is 3.17. The van der Waals surface area contributed by atoms with Crippen molar-refractivity contribution in [2.75, 3.05) is 6.61 Å². The van der Waals surface area contributed by atoms with E-state index >= 15 is 0 Å². The number of amides is 1. The van der Waals surface area contributed by atoms with Crippen LogP contribution in [0.3, 0.4) is 0 Å². The summed E-state index contributed by atoms with van der Waals surface area (Å²) in [5.74, 6) is -1.08. The van der Waals surface area contributed by atoms with Crippen molar-refractivity contribution in [3.63, 3.8) is 0 Å². The van der Waals surface area contributed by atoms with Gasteiger partial charge in [-0.1, -0.05) is 13.3 Å². The summed E-state index contributed by atoms with van der Waals surface area (Å²) in [6.45, 7) is 5.38. The quantitative estimate of drug-likeness (QED) is 0.776. The molecule has 0 saturated carbocycles. The van der Waals surface area contributed by atoms with Crippen molar-refractivity contribution in [2.45, 2.75) is 40.2 Å². The number of carbonyl (C=O) groups excluding carboxylic acids is 2. The molecule has 110 valence electrons. The smallest absolute Gasteiger partial charge is 0.338 e. The molecule has 5 nitrogen and oxygen atoms in total. The van der Waals surface area contributed by atoms with Gasteiger partial charge in [0.2, 0.25) is 5.91 Å². The molecule has 0 aliphatic carbocycles. The minimum absolute atomic E-state index is 0.249. The zero-order valence-electron chi connectivity index (χ0n) is 12.2. The summed E-state index contributed by atoms with van der Waals surface area (Å²) < 4.78 is 5.02. The Hall–Kier alpha value is -1.88. The standard InChI is InChI=1S/C15H21NO4/c1-4-6-11-12(15(19)20-5-2)7-10(8-17)9(3)13(11)14(16)18/h7,17H,4-6,8H2,1-3H3,(H2,16,18). The fourth-order valence-corrected chi connectivity index (χ4v) is 2.29. The van der Waals surface area contributed by atoms with Gasteiger partial charge in [0.1, 0.15) is 0 Å². The third-order valence-corrected chi connectivity index (χ3v) is 3.21. The van der Waals surface area contributed by atoms with Crippen LogP contribution in [0.4, 0.5) is 0 Å². The predicted octanol–water partition coefficient (Wildman–Crippen LogP) is 1.72. The molecule has 0 aliphatic heterocycles. The molecule has 0 atom stereocenters. The van der Waals surface area contributed by atoms with Crippen LogP contribution in [0, 0.1) is 6.92 Å². The van der Waals surface area contributed by atoms with Crippen molar-refractivity contribution in [1.82, 2.24) is 0 Å². The van der Waals surface area contributed by atoms with Gasteiger partial charge in [-0.05, 0) is 43.0 Å². The van der Waals surface area contributed by atoms with Gasteiger partial charge in [0.25, 0.3) is 0 Å². The highest BCUT2D eigenvalue weighted by molar-refractivity contribution is 6.01. The Morgan fingerprint density at radius 2 is 2.00 bits per heavy atom. The minimum Gasteiger partial charge on any atom is -0.462 e. The first-order chi connectivity index (χ1) is 9.47. The molecule has 1 amide bonds. The molecule has 0 unspecified atom stereocenters. The maximum atomic E-state index is 12.0. The lowest BCUT2D eigenvalue weighted by atomic mass is 9.89. The largest absolute Gasteiger partial charge is 0.462 e. The number of aliphatic hydroxyl groups is 1. The lowest BCUT2D eigenvalue weighted by molar-refractivity contribution is 0.0525. The predicted molar refractivity (Wildman–Crippen MR) is 75.6 cm³/mol. The molecule has 0 saturated heterocycles. The zero-order valence-corrected chi connectivity index (χ0v) is 12.2. The fraction of sp³-hybridized carbons (Fsp3) is 0.467. The third-order valence-electron chi connectivity index (χ3n) is 3.21. The number of primary amides is 1. The highest BCUT2D eigenvalue weighted by Crippen LogP contribution is 2.25. The van der Waals surface area contributed by atoms with Crippen LogP contribution >= 0.6 is 0 Å². The molecule has 1 rings (SSSR count). The van der Waals surface area contributed by atoms with E-state index in [0.29, 0.717) is 34.2 Å². The Balaban J connectivity index is 3.59. The normalized spacial score (nSPS) is 10.4. The molecule has 0 spiro atoms. The first-order valence-electron chi connectivity index (χ1n) is 6.70. The number of benzene rings is 1. The average Bonchev–Trinajstić information content (AvgIpc) is 2.39. The molecule has 0 fully saturated rings. The summed E-state index contributed by atoms with van der Waals surface area (Å²) in [5.41, 5.74) is 7.82. The average molecular weight is 279 g/mol. The van der Waals surface area contributed by atoms with E-state index in [2.05, 4.69) is 0 Å². The van der Waals surface area contributed by atoms with E-state index < -0.39 is 11.9 Å². The summed E-state index contributed by atoms with van der Waals surface area (Å²) in [5, 5.41) is 9.38. The second-order valence-electron chi connectivity index (χ2n) is 4.55. The van der Waals surface area contributed by atoms with Gasteiger partial charge in [0.15, 0.2) is 0 Å². The van der Waals surface area contributed by atoms with E-state index in [-0.39, 0.29) is 13.2 Å². The summed E-state index contributed by atoms with van der Waals surface area (Å²) in [6.07, 6.45) is 1.32. The summed E-state index contributed by atoms with van der Waals surface area (Å²) in [7, 11) is 0. The van der Waals surface area contributed by atoms with Crippen LogP contribution < -0.4 is 5.73 Å². The molecule has 1 aromatic carbocycles. The maximum Gasteiger partial charge on any atom is 0.338 e. The molecule has 1 aromatic rings. The van der Waals surface area contributed by atoms with Crippen LogP contribution in [0.15, 0.2) is 6.07 Å². The number of aliphatic hydroxyl groups excluding tert-OH is 1. The second-order valence-corrected chi connectivity index (χ2v) is 4.55. The number of ether oxygens (including phenoxy) is 1. The van der Waals surface area contributed by atoms with Gasteiger partial charge >= 0.3 is 5.97 Å². The number of hydrogen-bond acceptors (Lipinski definition) is 4. The molecular formula is C15H21NO4. The van der Waals surface area contributed by atoms with E-state index in [0.717, 1.165) is 6.42 Å². The van der Waals surface area contributed by atoms with Gasteiger partial charge in [0, 0.05) is 5.56 Å². The Morgan fingerprint density at radius 1 is 1.35 bits per heavy atom. The molecule has 0 aliphatic rings. The number of esters is 1. The molecule has 0 radical (unpaired) electrons. The van der Waals surface area contributed by atoms with E-state index in [9.17, 15) is 14.7 Å². The fourth-order valence-electron chi connectivity index (χ4n) is 2.29. The van der Waals surface area contributed by atoms with Gasteiger partial charge < -0.3 is 15.6 Å². The van der Waals surface area contributed by atoms with Crippen LogP contribution in [0.25, 0.3) is 0 Å². The number of rotatable bonds is 6. The van der Waals surface area contributed by atoms with Crippen LogP contribution in [0.2, 0.25) is 0 Å². The van der Waals surface area contributed by atoms with Gasteiger partial charge in [-0.2, -0.15) is 0 Å². The van der Waals surface area contributed by atoms with Crippen LogP contribution in [0.1, 0.15) is 57.7 Å². The van der Waals surface area contributed by atoms with Crippen LogP contribution in [-0.2, 0) is 17.8 Å². The Labute approximate surface area is 118 Å². The van der Waals surface area contributed by atoms with Crippen LogP contribution in [0.5, 0.6) is 0 Å². The van der Waals surface area contributed by atoms with Crippen molar-refractivity contribution in [1.29, 1.82) is 0 Å². The Morgan fingerprint density at radius 3 is 2.45 bits per heavy atom. The summed E-state index contributed by atoms with van der Waals surface area (Å²) in [6, 6.07) is 1.59. The zero-order chi connectivity index (χ0) is 15.3. The van der Waals surface area contributed by atoms with Crippen LogP contribution in [-0.4, -0.2) is 23.6 Å². The molecule has 5 heteroatoms. The number of nitrogens with two attached hydrogens (primary N) is 1. The minimum atomic E-state index is -0.591. The first kappa shape index (κ1) is 16.2. The first-order valence-corrected chi connectivity index (χ1v) is 6.70. The molecule has 0 heterocycles. The van der Waals surface area contributed by atoms with Crippen molar-refractivity contribution in [3.05, 3.63) is 33.9 Å². The summed E-state index contributed by atoms with van der Waals surface area (Å²) >= 11 is 0. The van der Waals surface area contributed by atoms with E-state index in [1.807, 2.05) is 6.92 Å². The second kappa shape index (κ2) is 7.05. The van der Waals surface area contributed by atoms with Crippen molar-refractivity contribution < 1.29 is 19.4 Å².